The summed E-state index contributed by atoms with van der Waals surface area (Å²) in [5.41, 5.74) is 0. The van der Waals surface area contributed by atoms with Gasteiger partial charge >= 0.3 is 0 Å². The minimum absolute atomic E-state index is 0.109. The molecule has 1 aliphatic heterocycles. The Balaban J connectivity index is 2.25. The molecule has 72 valence electrons. The van der Waals surface area contributed by atoms with Crippen molar-refractivity contribution in [1.29, 1.82) is 0 Å². The van der Waals surface area contributed by atoms with E-state index in [0.717, 1.165) is 13.0 Å². The molecule has 0 bridgehead atoms. The molecule has 0 spiro atoms. The molecule has 0 saturated carbocycles. The maximum atomic E-state index is 10.9. The molecular formula is C7H14O4S. The van der Waals surface area contributed by atoms with Gasteiger partial charge < -0.3 is 4.74 Å². The molecule has 0 amide bonds. The van der Waals surface area contributed by atoms with Crippen LogP contribution in [-0.4, -0.2) is 34.5 Å². The zero-order valence-electron chi connectivity index (χ0n) is 7.15. The normalized spacial score (nSPS) is 24.6. The lowest BCUT2D eigenvalue weighted by atomic mass is 10.1. The van der Waals surface area contributed by atoms with E-state index in [0.29, 0.717) is 18.9 Å². The van der Waals surface area contributed by atoms with Crippen LogP contribution < -0.4 is 0 Å². The minimum atomic E-state index is -3.26. The van der Waals surface area contributed by atoms with E-state index in [4.69, 9.17) is 4.74 Å². The number of rotatable bonds is 4. The molecule has 0 aliphatic carbocycles. The second-order valence-corrected chi connectivity index (χ2v) is 4.80. The van der Waals surface area contributed by atoms with Gasteiger partial charge in [0, 0.05) is 13.2 Å². The summed E-state index contributed by atoms with van der Waals surface area (Å²) in [6.07, 6.45) is 1.62. The predicted molar refractivity (Wildman–Crippen MR) is 44.3 cm³/mol. The summed E-state index contributed by atoms with van der Waals surface area (Å²) in [5, 5.41) is 0. The molecule has 0 aromatic heterocycles. The van der Waals surface area contributed by atoms with Gasteiger partial charge in [-0.15, -0.1) is 0 Å². The highest BCUT2D eigenvalue weighted by Gasteiger charge is 2.18. The van der Waals surface area contributed by atoms with Gasteiger partial charge in [-0.2, -0.15) is 8.42 Å². The Morgan fingerprint density at radius 2 is 2.33 bits per heavy atom. The monoisotopic (exact) mass is 194 g/mol. The fraction of sp³-hybridized carbons (Fsp3) is 1.00. The quantitative estimate of drug-likeness (QED) is 0.607. The minimum Gasteiger partial charge on any atom is -0.381 e. The van der Waals surface area contributed by atoms with Crippen molar-refractivity contribution in [2.45, 2.75) is 12.8 Å². The molecule has 1 aliphatic rings. The standard InChI is InChI=1S/C7H14O4S/c1-10-12(8,9)5-3-7-2-4-11-6-7/h7H,2-6H2,1H3. The van der Waals surface area contributed by atoms with Crippen LogP contribution in [0.25, 0.3) is 0 Å². The zero-order valence-corrected chi connectivity index (χ0v) is 7.97. The van der Waals surface area contributed by atoms with E-state index in [1.54, 1.807) is 0 Å². The first kappa shape index (κ1) is 9.95. The Labute approximate surface area is 73.0 Å². The zero-order chi connectivity index (χ0) is 9.03. The lowest BCUT2D eigenvalue weighted by molar-refractivity contribution is 0.185. The number of hydrogen-bond donors (Lipinski definition) is 0. The molecule has 1 heterocycles. The fourth-order valence-corrected chi connectivity index (χ4v) is 1.99. The molecule has 1 unspecified atom stereocenters. The van der Waals surface area contributed by atoms with Crippen LogP contribution in [0.15, 0.2) is 0 Å². The Hall–Kier alpha value is -0.130. The third-order valence-electron chi connectivity index (χ3n) is 2.05. The molecule has 1 atom stereocenters. The van der Waals surface area contributed by atoms with Crippen LogP contribution in [0.5, 0.6) is 0 Å². The molecule has 0 aromatic carbocycles. The maximum Gasteiger partial charge on any atom is 0.267 e. The van der Waals surface area contributed by atoms with Crippen LogP contribution >= 0.6 is 0 Å². The Kier molecular flexibility index (Phi) is 3.49. The Bertz CT molecular complexity index is 216. The second kappa shape index (κ2) is 4.20. The lowest BCUT2D eigenvalue weighted by Gasteiger charge is -2.05. The molecule has 0 radical (unpaired) electrons. The molecule has 0 aromatic rings. The van der Waals surface area contributed by atoms with Gasteiger partial charge in [-0.3, -0.25) is 4.18 Å². The van der Waals surface area contributed by atoms with E-state index in [-0.39, 0.29) is 5.75 Å². The molecule has 1 fully saturated rings. The van der Waals surface area contributed by atoms with Crippen molar-refractivity contribution in [2.75, 3.05) is 26.1 Å². The van der Waals surface area contributed by atoms with Gasteiger partial charge in [-0.05, 0) is 18.8 Å². The van der Waals surface area contributed by atoms with E-state index >= 15 is 0 Å². The van der Waals surface area contributed by atoms with Crippen LogP contribution in [0.4, 0.5) is 0 Å². The fourth-order valence-electron chi connectivity index (χ4n) is 1.21. The SMILES string of the molecule is COS(=O)(=O)CCC1CCOC1. The van der Waals surface area contributed by atoms with Crippen LogP contribution in [0.3, 0.4) is 0 Å². The molecule has 12 heavy (non-hydrogen) atoms. The third-order valence-corrected chi connectivity index (χ3v) is 3.30. The van der Waals surface area contributed by atoms with Crippen LogP contribution in [0, 0.1) is 5.92 Å². The number of ether oxygens (including phenoxy) is 1. The summed E-state index contributed by atoms with van der Waals surface area (Å²) in [4.78, 5) is 0. The highest BCUT2D eigenvalue weighted by Crippen LogP contribution is 2.16. The second-order valence-electron chi connectivity index (χ2n) is 2.95. The van der Waals surface area contributed by atoms with Gasteiger partial charge in [0.1, 0.15) is 0 Å². The van der Waals surface area contributed by atoms with Crippen molar-refractivity contribution < 1.29 is 17.3 Å². The van der Waals surface area contributed by atoms with Crippen molar-refractivity contribution in [2.24, 2.45) is 5.92 Å². The van der Waals surface area contributed by atoms with Gasteiger partial charge in [-0.1, -0.05) is 0 Å². The largest absolute Gasteiger partial charge is 0.381 e. The van der Waals surface area contributed by atoms with Gasteiger partial charge in [-0.25, -0.2) is 0 Å². The van der Waals surface area contributed by atoms with Gasteiger partial charge in [0.25, 0.3) is 10.1 Å². The van der Waals surface area contributed by atoms with E-state index in [9.17, 15) is 8.42 Å². The highest BCUT2D eigenvalue weighted by atomic mass is 32.2. The molecule has 1 rings (SSSR count). The van der Waals surface area contributed by atoms with E-state index in [1.807, 2.05) is 0 Å². The van der Waals surface area contributed by atoms with Crippen LogP contribution in [0.2, 0.25) is 0 Å². The summed E-state index contributed by atoms with van der Waals surface area (Å²) in [6.45, 7) is 1.46. The van der Waals surface area contributed by atoms with Crippen molar-refractivity contribution in [3.05, 3.63) is 0 Å². The van der Waals surface area contributed by atoms with E-state index < -0.39 is 10.1 Å². The lowest BCUT2D eigenvalue weighted by Crippen LogP contribution is -2.12. The molecular weight excluding hydrogens is 180 g/mol. The first-order chi connectivity index (χ1) is 5.64. The van der Waals surface area contributed by atoms with Crippen molar-refractivity contribution in [3.63, 3.8) is 0 Å². The van der Waals surface area contributed by atoms with Gasteiger partial charge in [0.05, 0.1) is 12.9 Å². The van der Waals surface area contributed by atoms with Crippen molar-refractivity contribution >= 4 is 10.1 Å². The summed E-state index contributed by atoms with van der Waals surface area (Å²) in [7, 11) is -2.07. The average Bonchev–Trinajstić information content (AvgIpc) is 2.53. The smallest absolute Gasteiger partial charge is 0.267 e. The van der Waals surface area contributed by atoms with Crippen molar-refractivity contribution in [1.82, 2.24) is 0 Å². The summed E-state index contributed by atoms with van der Waals surface area (Å²) in [5.74, 6) is 0.507. The van der Waals surface area contributed by atoms with Crippen molar-refractivity contribution in [3.8, 4) is 0 Å². The maximum absolute atomic E-state index is 10.9. The van der Waals surface area contributed by atoms with Crippen LogP contribution in [0.1, 0.15) is 12.8 Å². The predicted octanol–water partition coefficient (Wildman–Crippen LogP) is 0.389. The first-order valence-electron chi connectivity index (χ1n) is 4.00. The van der Waals surface area contributed by atoms with Crippen LogP contribution in [-0.2, 0) is 19.0 Å². The highest BCUT2D eigenvalue weighted by molar-refractivity contribution is 7.86. The molecule has 5 heteroatoms. The molecule has 1 saturated heterocycles. The topological polar surface area (TPSA) is 52.6 Å². The first-order valence-corrected chi connectivity index (χ1v) is 5.58. The third kappa shape index (κ3) is 3.08. The molecule has 0 N–H and O–H groups in total. The average molecular weight is 194 g/mol. The Morgan fingerprint density at radius 1 is 1.58 bits per heavy atom. The van der Waals surface area contributed by atoms with Gasteiger partial charge in [0.2, 0.25) is 0 Å². The Morgan fingerprint density at radius 3 is 2.83 bits per heavy atom. The van der Waals surface area contributed by atoms with E-state index in [2.05, 4.69) is 4.18 Å². The summed E-state index contributed by atoms with van der Waals surface area (Å²) in [6, 6.07) is 0. The van der Waals surface area contributed by atoms with Gasteiger partial charge in [0.15, 0.2) is 0 Å². The summed E-state index contributed by atoms with van der Waals surface area (Å²) >= 11 is 0. The summed E-state index contributed by atoms with van der Waals surface area (Å²) < 4.78 is 31.2. The number of hydrogen-bond acceptors (Lipinski definition) is 4. The van der Waals surface area contributed by atoms with E-state index in [1.165, 1.54) is 7.11 Å². The molecule has 4 nitrogen and oxygen atoms in total.